The molecule has 138 valence electrons. The van der Waals surface area contributed by atoms with Gasteiger partial charge in [0.1, 0.15) is 0 Å². The van der Waals surface area contributed by atoms with E-state index >= 15 is 0 Å². The number of aromatic nitrogens is 2. The molecule has 1 atom stereocenters. The van der Waals surface area contributed by atoms with E-state index in [0.29, 0.717) is 12.5 Å². The first-order valence-electron chi connectivity index (χ1n) is 9.61. The van der Waals surface area contributed by atoms with Crippen LogP contribution in [0.1, 0.15) is 24.8 Å². The molecule has 2 saturated heterocycles. The highest BCUT2D eigenvalue weighted by molar-refractivity contribution is 5.74. The highest BCUT2D eigenvalue weighted by atomic mass is 16.2. The minimum Gasteiger partial charge on any atom is -0.334 e. The Kier molecular flexibility index (Phi) is 5.20. The third kappa shape index (κ3) is 3.90. The Balaban J connectivity index is 1.31. The maximum atomic E-state index is 12.6. The molecule has 0 saturated carbocycles. The molecule has 1 aromatic heterocycles. The van der Waals surface area contributed by atoms with Crippen molar-refractivity contribution in [3.05, 3.63) is 48.5 Å². The molecule has 0 aliphatic carbocycles. The van der Waals surface area contributed by atoms with Crippen LogP contribution < -0.4 is 5.32 Å². The van der Waals surface area contributed by atoms with Crippen molar-refractivity contribution >= 4 is 6.03 Å². The van der Waals surface area contributed by atoms with E-state index in [1.807, 2.05) is 33.9 Å². The second-order valence-electron chi connectivity index (χ2n) is 7.37. The van der Waals surface area contributed by atoms with E-state index in [1.54, 1.807) is 12.5 Å². The lowest BCUT2D eigenvalue weighted by Crippen LogP contribution is -2.39. The Morgan fingerprint density at radius 2 is 2.04 bits per heavy atom. The van der Waals surface area contributed by atoms with Gasteiger partial charge in [-0.1, -0.05) is 18.2 Å². The zero-order chi connectivity index (χ0) is 17.8. The van der Waals surface area contributed by atoms with Crippen LogP contribution in [0.3, 0.4) is 0 Å². The molecule has 2 fully saturated rings. The SMILES string of the molecule is O=C(NCc1ccccc1-n1ccnc1)N1CCC(CN2CCCC2)C1. The van der Waals surface area contributed by atoms with E-state index in [-0.39, 0.29) is 6.03 Å². The third-order valence-electron chi connectivity index (χ3n) is 5.49. The minimum absolute atomic E-state index is 0.0503. The molecule has 4 rings (SSSR count). The number of hydrogen-bond acceptors (Lipinski definition) is 3. The second kappa shape index (κ2) is 7.91. The first-order chi connectivity index (χ1) is 12.8. The van der Waals surface area contributed by atoms with Gasteiger partial charge in [0.15, 0.2) is 0 Å². The van der Waals surface area contributed by atoms with Gasteiger partial charge in [0.2, 0.25) is 0 Å². The topological polar surface area (TPSA) is 53.4 Å². The quantitative estimate of drug-likeness (QED) is 0.899. The Hall–Kier alpha value is -2.34. The highest BCUT2D eigenvalue weighted by Gasteiger charge is 2.28. The van der Waals surface area contributed by atoms with E-state index < -0.39 is 0 Å². The van der Waals surface area contributed by atoms with E-state index in [1.165, 1.54) is 25.9 Å². The first-order valence-corrected chi connectivity index (χ1v) is 9.61. The fraction of sp³-hybridized carbons (Fsp3) is 0.500. The molecule has 6 nitrogen and oxygen atoms in total. The second-order valence-corrected chi connectivity index (χ2v) is 7.37. The average Bonchev–Trinajstić information content (AvgIpc) is 3.42. The maximum Gasteiger partial charge on any atom is 0.317 e. The van der Waals surface area contributed by atoms with Gasteiger partial charge in [-0.2, -0.15) is 0 Å². The van der Waals surface area contributed by atoms with Crippen molar-refractivity contribution in [1.29, 1.82) is 0 Å². The normalized spacial score (nSPS) is 20.6. The minimum atomic E-state index is 0.0503. The number of imidazole rings is 1. The predicted octanol–water partition coefficient (Wildman–Crippen LogP) is 2.50. The van der Waals surface area contributed by atoms with Crippen molar-refractivity contribution in [1.82, 2.24) is 24.7 Å². The van der Waals surface area contributed by atoms with Crippen molar-refractivity contribution in [3.8, 4) is 5.69 Å². The molecule has 1 aromatic carbocycles. The molecule has 3 heterocycles. The zero-order valence-corrected chi connectivity index (χ0v) is 15.2. The van der Waals surface area contributed by atoms with Crippen molar-refractivity contribution in [3.63, 3.8) is 0 Å². The summed E-state index contributed by atoms with van der Waals surface area (Å²) in [6.07, 6.45) is 9.24. The van der Waals surface area contributed by atoms with E-state index in [2.05, 4.69) is 21.3 Å². The van der Waals surface area contributed by atoms with Gasteiger partial charge in [0.05, 0.1) is 12.0 Å². The number of para-hydroxylation sites is 1. The average molecular weight is 353 g/mol. The number of carbonyl (C=O) groups excluding carboxylic acids is 1. The summed E-state index contributed by atoms with van der Waals surface area (Å²) in [6, 6.07) is 8.16. The van der Waals surface area contributed by atoms with Crippen LogP contribution in [0.2, 0.25) is 0 Å². The van der Waals surface area contributed by atoms with Crippen LogP contribution in [0, 0.1) is 5.92 Å². The summed E-state index contributed by atoms with van der Waals surface area (Å²) >= 11 is 0. The molecule has 6 heteroatoms. The lowest BCUT2D eigenvalue weighted by atomic mass is 10.1. The van der Waals surface area contributed by atoms with Crippen LogP contribution in [0.5, 0.6) is 0 Å². The van der Waals surface area contributed by atoms with E-state index in [0.717, 1.165) is 37.3 Å². The molecule has 2 aliphatic rings. The first kappa shape index (κ1) is 17.1. The molecular weight excluding hydrogens is 326 g/mol. The molecular formula is C20H27N5O. The Bertz CT molecular complexity index is 724. The smallest absolute Gasteiger partial charge is 0.317 e. The van der Waals surface area contributed by atoms with Gasteiger partial charge in [0.25, 0.3) is 0 Å². The van der Waals surface area contributed by atoms with Gasteiger partial charge in [0, 0.05) is 38.6 Å². The van der Waals surface area contributed by atoms with Crippen molar-refractivity contribution < 1.29 is 4.79 Å². The molecule has 0 spiro atoms. The van der Waals surface area contributed by atoms with Gasteiger partial charge in [-0.05, 0) is 49.9 Å². The van der Waals surface area contributed by atoms with Crippen molar-refractivity contribution in [2.45, 2.75) is 25.8 Å². The zero-order valence-electron chi connectivity index (χ0n) is 15.2. The van der Waals surface area contributed by atoms with Crippen LogP contribution in [-0.2, 0) is 6.54 Å². The highest BCUT2D eigenvalue weighted by Crippen LogP contribution is 2.20. The Morgan fingerprint density at radius 3 is 2.85 bits per heavy atom. The van der Waals surface area contributed by atoms with Crippen LogP contribution in [-0.4, -0.2) is 58.1 Å². The summed E-state index contributed by atoms with van der Waals surface area (Å²) in [5, 5.41) is 3.10. The molecule has 0 radical (unpaired) electrons. The fourth-order valence-corrected chi connectivity index (χ4v) is 4.09. The number of urea groups is 1. The van der Waals surface area contributed by atoms with Crippen LogP contribution in [0.15, 0.2) is 43.0 Å². The fourth-order valence-electron chi connectivity index (χ4n) is 4.09. The number of nitrogens with one attached hydrogen (secondary N) is 1. The number of carbonyl (C=O) groups is 1. The lowest BCUT2D eigenvalue weighted by Gasteiger charge is -2.21. The van der Waals surface area contributed by atoms with Gasteiger partial charge in [-0.3, -0.25) is 0 Å². The molecule has 1 unspecified atom stereocenters. The summed E-state index contributed by atoms with van der Waals surface area (Å²) in [4.78, 5) is 21.2. The van der Waals surface area contributed by atoms with Gasteiger partial charge in [-0.15, -0.1) is 0 Å². The summed E-state index contributed by atoms with van der Waals surface area (Å²) in [7, 11) is 0. The summed E-state index contributed by atoms with van der Waals surface area (Å²) in [5.74, 6) is 0.622. The maximum absolute atomic E-state index is 12.6. The lowest BCUT2D eigenvalue weighted by molar-refractivity contribution is 0.203. The van der Waals surface area contributed by atoms with E-state index in [9.17, 15) is 4.79 Å². The monoisotopic (exact) mass is 353 g/mol. The number of rotatable bonds is 5. The third-order valence-corrected chi connectivity index (χ3v) is 5.49. The van der Waals surface area contributed by atoms with Gasteiger partial charge < -0.3 is 19.7 Å². The van der Waals surface area contributed by atoms with Crippen LogP contribution >= 0.6 is 0 Å². The standard InChI is InChI=1S/C20H27N5O/c26-20(24-11-7-17(15-24)14-23-9-3-4-10-23)22-13-18-5-1-2-6-19(18)25-12-8-21-16-25/h1-2,5-6,8,12,16-17H,3-4,7,9-11,13-15H2,(H,22,26). The molecule has 2 aliphatic heterocycles. The largest absolute Gasteiger partial charge is 0.334 e. The number of nitrogens with zero attached hydrogens (tertiary/aromatic N) is 4. The molecule has 1 N–H and O–H groups in total. The van der Waals surface area contributed by atoms with Gasteiger partial charge >= 0.3 is 6.03 Å². The number of hydrogen-bond donors (Lipinski definition) is 1. The summed E-state index contributed by atoms with van der Waals surface area (Å²) in [6.45, 7) is 5.88. The predicted molar refractivity (Wildman–Crippen MR) is 101 cm³/mol. The number of amides is 2. The number of benzene rings is 1. The van der Waals surface area contributed by atoms with Crippen molar-refractivity contribution in [2.75, 3.05) is 32.7 Å². The summed E-state index contributed by atoms with van der Waals surface area (Å²) in [5.41, 5.74) is 2.14. The molecule has 0 bridgehead atoms. The molecule has 2 aromatic rings. The van der Waals surface area contributed by atoms with E-state index in [4.69, 9.17) is 0 Å². The number of likely N-dealkylation sites (tertiary alicyclic amines) is 2. The Labute approximate surface area is 154 Å². The Morgan fingerprint density at radius 1 is 1.19 bits per heavy atom. The van der Waals surface area contributed by atoms with Crippen molar-refractivity contribution in [2.24, 2.45) is 5.92 Å². The van der Waals surface area contributed by atoms with Crippen LogP contribution in [0.25, 0.3) is 5.69 Å². The van der Waals surface area contributed by atoms with Gasteiger partial charge in [-0.25, -0.2) is 9.78 Å². The molecule has 2 amide bonds. The van der Waals surface area contributed by atoms with Crippen LogP contribution in [0.4, 0.5) is 4.79 Å². The molecule has 26 heavy (non-hydrogen) atoms. The summed E-state index contributed by atoms with van der Waals surface area (Å²) < 4.78 is 1.98.